The second kappa shape index (κ2) is 8.00. The molecule has 1 amide bonds. The average molecular weight is 320 g/mol. The van der Waals surface area contributed by atoms with Crippen molar-refractivity contribution in [3.63, 3.8) is 0 Å². The Morgan fingerprint density at radius 2 is 2.05 bits per heavy atom. The first-order valence-electron chi connectivity index (χ1n) is 6.64. The third-order valence-corrected chi connectivity index (χ3v) is 3.08. The number of likely N-dealkylation sites (N-methyl/N-ethyl adjacent to an activating group) is 1. The minimum atomic E-state index is -4.78. The van der Waals surface area contributed by atoms with Gasteiger partial charge in [0.05, 0.1) is 13.2 Å². The van der Waals surface area contributed by atoms with Gasteiger partial charge in [-0.2, -0.15) is 0 Å². The molecule has 22 heavy (non-hydrogen) atoms. The number of carbonyl (C=O) groups is 1. The molecule has 0 saturated heterocycles. The van der Waals surface area contributed by atoms with E-state index in [1.807, 2.05) is 0 Å². The number of halogens is 3. The van der Waals surface area contributed by atoms with Crippen LogP contribution in [0.1, 0.15) is 12.5 Å². The molecule has 1 aromatic carbocycles. The van der Waals surface area contributed by atoms with E-state index in [2.05, 4.69) is 10.1 Å². The Bertz CT molecular complexity index is 494. The molecule has 0 aliphatic heterocycles. The molecule has 1 unspecified atom stereocenters. The molecule has 5 nitrogen and oxygen atoms in total. The molecular formula is C14H19F3N2O3. The van der Waals surface area contributed by atoms with Crippen molar-refractivity contribution in [3.8, 4) is 5.75 Å². The van der Waals surface area contributed by atoms with E-state index in [0.29, 0.717) is 0 Å². The summed E-state index contributed by atoms with van der Waals surface area (Å²) in [5.41, 5.74) is 0.228. The molecule has 1 aromatic rings. The van der Waals surface area contributed by atoms with Gasteiger partial charge in [-0.25, -0.2) is 0 Å². The van der Waals surface area contributed by atoms with Crippen molar-refractivity contribution in [1.29, 1.82) is 0 Å². The smallest absolute Gasteiger partial charge is 0.405 e. The van der Waals surface area contributed by atoms with Crippen molar-refractivity contribution in [3.05, 3.63) is 29.8 Å². The van der Waals surface area contributed by atoms with Gasteiger partial charge in [0.25, 0.3) is 0 Å². The number of carbonyl (C=O) groups excluding carboxylic acids is 1. The van der Waals surface area contributed by atoms with E-state index < -0.39 is 6.36 Å². The summed E-state index contributed by atoms with van der Waals surface area (Å²) in [4.78, 5) is 13.4. The lowest BCUT2D eigenvalue weighted by molar-refractivity contribution is -0.274. The average Bonchev–Trinajstić information content (AvgIpc) is 2.43. The normalized spacial score (nSPS) is 13.0. The summed E-state index contributed by atoms with van der Waals surface area (Å²) < 4.78 is 40.7. The third kappa shape index (κ3) is 6.31. The second-order valence-corrected chi connectivity index (χ2v) is 4.88. The molecule has 0 spiro atoms. The van der Waals surface area contributed by atoms with E-state index in [0.717, 1.165) is 0 Å². The lowest BCUT2D eigenvalue weighted by atomic mass is 10.2. The van der Waals surface area contributed by atoms with Crippen molar-refractivity contribution in [2.45, 2.75) is 25.9 Å². The minimum absolute atomic E-state index is 0.0318. The summed E-state index contributed by atoms with van der Waals surface area (Å²) in [6.07, 6.45) is -4.78. The van der Waals surface area contributed by atoms with Crippen LogP contribution in [0.25, 0.3) is 0 Å². The summed E-state index contributed by atoms with van der Waals surface area (Å²) in [6.45, 7) is 1.61. The molecule has 1 atom stereocenters. The van der Waals surface area contributed by atoms with Gasteiger partial charge in [-0.3, -0.25) is 9.69 Å². The van der Waals surface area contributed by atoms with Gasteiger partial charge in [-0.1, -0.05) is 18.2 Å². The Kier molecular flexibility index (Phi) is 6.63. The summed E-state index contributed by atoms with van der Waals surface area (Å²) in [6, 6.07) is 5.43. The van der Waals surface area contributed by atoms with Gasteiger partial charge in [0.2, 0.25) is 5.91 Å². The van der Waals surface area contributed by atoms with Gasteiger partial charge in [0.15, 0.2) is 0 Å². The first-order chi connectivity index (χ1) is 10.2. The van der Waals surface area contributed by atoms with Gasteiger partial charge < -0.3 is 15.2 Å². The molecule has 0 fully saturated rings. The number of alkyl halides is 3. The summed E-state index contributed by atoms with van der Waals surface area (Å²) in [5.74, 6) is -0.697. The van der Waals surface area contributed by atoms with Crippen LogP contribution in [0.15, 0.2) is 24.3 Å². The molecule has 124 valence electrons. The van der Waals surface area contributed by atoms with Crippen LogP contribution < -0.4 is 10.1 Å². The zero-order valence-electron chi connectivity index (χ0n) is 12.4. The predicted octanol–water partition coefficient (Wildman–Crippen LogP) is 1.51. The number of nitrogens with one attached hydrogen (secondary N) is 1. The van der Waals surface area contributed by atoms with Crippen LogP contribution in [0.2, 0.25) is 0 Å². The SMILES string of the molecule is CC(CO)N(C)CC(=O)NCc1ccccc1OC(F)(F)F. The quantitative estimate of drug-likeness (QED) is 0.799. The fourth-order valence-electron chi connectivity index (χ4n) is 1.65. The first-order valence-corrected chi connectivity index (χ1v) is 6.64. The number of ether oxygens (including phenoxy) is 1. The lowest BCUT2D eigenvalue weighted by Crippen LogP contribution is -2.40. The number of hydrogen-bond donors (Lipinski definition) is 2. The van der Waals surface area contributed by atoms with E-state index in [-0.39, 0.29) is 43.0 Å². The number of aliphatic hydroxyl groups excluding tert-OH is 1. The van der Waals surface area contributed by atoms with Crippen molar-refractivity contribution >= 4 is 5.91 Å². The Hall–Kier alpha value is -1.80. The van der Waals surface area contributed by atoms with Crippen LogP contribution in [-0.2, 0) is 11.3 Å². The Morgan fingerprint density at radius 3 is 2.64 bits per heavy atom. The number of para-hydroxylation sites is 1. The largest absolute Gasteiger partial charge is 0.573 e. The van der Waals surface area contributed by atoms with Crippen LogP contribution >= 0.6 is 0 Å². The van der Waals surface area contributed by atoms with E-state index in [4.69, 9.17) is 5.11 Å². The summed E-state index contributed by atoms with van der Waals surface area (Å²) in [7, 11) is 1.67. The van der Waals surface area contributed by atoms with Crippen molar-refractivity contribution in [2.75, 3.05) is 20.2 Å². The number of benzene rings is 1. The number of hydrogen-bond acceptors (Lipinski definition) is 4. The van der Waals surface area contributed by atoms with Crippen LogP contribution in [0, 0.1) is 0 Å². The van der Waals surface area contributed by atoms with Crippen LogP contribution in [0.3, 0.4) is 0 Å². The third-order valence-electron chi connectivity index (χ3n) is 3.08. The highest BCUT2D eigenvalue weighted by molar-refractivity contribution is 5.78. The van der Waals surface area contributed by atoms with E-state index in [9.17, 15) is 18.0 Å². The molecule has 0 aliphatic carbocycles. The Labute approximate surface area is 126 Å². The van der Waals surface area contributed by atoms with Gasteiger partial charge in [0, 0.05) is 18.2 Å². The molecule has 1 rings (SSSR count). The second-order valence-electron chi connectivity index (χ2n) is 4.88. The first kappa shape index (κ1) is 18.2. The van der Waals surface area contributed by atoms with Gasteiger partial charge in [-0.05, 0) is 20.0 Å². The van der Waals surface area contributed by atoms with E-state index in [1.165, 1.54) is 18.2 Å². The van der Waals surface area contributed by atoms with Crippen molar-refractivity contribution in [1.82, 2.24) is 10.2 Å². The predicted molar refractivity (Wildman–Crippen MR) is 74.1 cm³/mol. The fraction of sp³-hybridized carbons (Fsp3) is 0.500. The molecular weight excluding hydrogens is 301 g/mol. The molecule has 0 radical (unpaired) electrons. The minimum Gasteiger partial charge on any atom is -0.405 e. The zero-order chi connectivity index (χ0) is 16.8. The summed E-state index contributed by atoms with van der Waals surface area (Å²) in [5, 5.41) is 11.5. The molecule has 0 saturated carbocycles. The Balaban J connectivity index is 2.59. The summed E-state index contributed by atoms with van der Waals surface area (Å²) >= 11 is 0. The number of amides is 1. The number of nitrogens with zero attached hydrogens (tertiary/aromatic N) is 1. The maximum absolute atomic E-state index is 12.3. The van der Waals surface area contributed by atoms with Crippen LogP contribution in [-0.4, -0.2) is 48.5 Å². The van der Waals surface area contributed by atoms with E-state index in [1.54, 1.807) is 24.9 Å². The van der Waals surface area contributed by atoms with Crippen molar-refractivity contribution < 1.29 is 27.8 Å². The Morgan fingerprint density at radius 1 is 1.41 bits per heavy atom. The highest BCUT2D eigenvalue weighted by Crippen LogP contribution is 2.25. The van der Waals surface area contributed by atoms with Crippen molar-refractivity contribution in [2.24, 2.45) is 0 Å². The number of rotatable bonds is 7. The lowest BCUT2D eigenvalue weighted by Gasteiger charge is -2.22. The molecule has 0 bridgehead atoms. The molecule has 0 aliphatic rings. The van der Waals surface area contributed by atoms with E-state index >= 15 is 0 Å². The van der Waals surface area contributed by atoms with Crippen LogP contribution in [0.4, 0.5) is 13.2 Å². The van der Waals surface area contributed by atoms with Gasteiger partial charge >= 0.3 is 6.36 Å². The molecule has 2 N–H and O–H groups in total. The zero-order valence-corrected chi connectivity index (χ0v) is 12.4. The topological polar surface area (TPSA) is 61.8 Å². The van der Waals surface area contributed by atoms with Gasteiger partial charge in [-0.15, -0.1) is 13.2 Å². The maximum atomic E-state index is 12.3. The van der Waals surface area contributed by atoms with Crippen LogP contribution in [0.5, 0.6) is 5.75 Å². The molecule has 0 heterocycles. The fourth-order valence-corrected chi connectivity index (χ4v) is 1.65. The number of aliphatic hydroxyl groups is 1. The highest BCUT2D eigenvalue weighted by atomic mass is 19.4. The highest BCUT2D eigenvalue weighted by Gasteiger charge is 2.31. The van der Waals surface area contributed by atoms with Gasteiger partial charge in [0.1, 0.15) is 5.75 Å². The standard InChI is InChI=1S/C14H19F3N2O3/c1-10(9-20)19(2)8-13(21)18-7-11-5-3-4-6-12(11)22-14(15,16)17/h3-6,10,20H,7-9H2,1-2H3,(H,18,21). The maximum Gasteiger partial charge on any atom is 0.573 e. The molecule has 0 aromatic heterocycles. The monoisotopic (exact) mass is 320 g/mol. The molecule has 8 heteroatoms.